The van der Waals surface area contributed by atoms with Gasteiger partial charge in [0.1, 0.15) is 11.4 Å². The van der Waals surface area contributed by atoms with Gasteiger partial charge >= 0.3 is 6.18 Å². The van der Waals surface area contributed by atoms with Gasteiger partial charge in [-0.3, -0.25) is 14.5 Å². The van der Waals surface area contributed by atoms with Crippen LogP contribution in [0.3, 0.4) is 0 Å². The highest BCUT2D eigenvalue weighted by Crippen LogP contribution is 2.34. The highest BCUT2D eigenvalue weighted by Gasteiger charge is 2.35. The fraction of sp³-hybridized carbons (Fsp3) is 0.200. The zero-order chi connectivity index (χ0) is 24.9. The summed E-state index contributed by atoms with van der Waals surface area (Å²) in [5, 5.41) is 5.33. The molecule has 2 aromatic heterocycles. The fourth-order valence-corrected chi connectivity index (χ4v) is 3.33. The molecule has 1 amide bonds. The molecule has 1 aromatic carbocycles. The van der Waals surface area contributed by atoms with Crippen LogP contribution in [0.25, 0.3) is 0 Å². The van der Waals surface area contributed by atoms with E-state index in [4.69, 9.17) is 5.73 Å². The Balaban J connectivity index is 1.81. The largest absolute Gasteiger partial charge is 0.421 e. The van der Waals surface area contributed by atoms with Gasteiger partial charge in [0.25, 0.3) is 0 Å². The van der Waals surface area contributed by atoms with Gasteiger partial charge in [-0.2, -0.15) is 18.2 Å². The average Bonchev–Trinajstić information content (AvgIpc) is 2.77. The number of nitrogens with two attached hydrogens (primary N) is 1. The van der Waals surface area contributed by atoms with E-state index < -0.39 is 33.5 Å². The number of amides is 1. The molecule has 0 aliphatic carbocycles. The van der Waals surface area contributed by atoms with Gasteiger partial charge < -0.3 is 16.4 Å². The van der Waals surface area contributed by atoms with Crippen molar-refractivity contribution in [2.45, 2.75) is 19.6 Å². The maximum Gasteiger partial charge on any atom is 0.421 e. The van der Waals surface area contributed by atoms with Gasteiger partial charge in [-0.15, -0.1) is 0 Å². The van der Waals surface area contributed by atoms with Crippen molar-refractivity contribution >= 4 is 39.1 Å². The second-order valence-electron chi connectivity index (χ2n) is 6.92. The molecule has 0 saturated heterocycles. The lowest BCUT2D eigenvalue weighted by molar-refractivity contribution is -0.137. The van der Waals surface area contributed by atoms with E-state index in [9.17, 15) is 26.4 Å². The van der Waals surface area contributed by atoms with Crippen molar-refractivity contribution < 1.29 is 26.4 Å². The van der Waals surface area contributed by atoms with E-state index >= 15 is 0 Å². The smallest absolute Gasteiger partial charge is 0.366 e. The van der Waals surface area contributed by atoms with Crippen LogP contribution in [0.2, 0.25) is 0 Å². The number of alkyl halides is 3. The minimum absolute atomic E-state index is 0.125. The average molecular weight is 495 g/mol. The summed E-state index contributed by atoms with van der Waals surface area (Å²) in [4.78, 5) is 22.8. The summed E-state index contributed by atoms with van der Waals surface area (Å²) in [6, 6.07) is 8.71. The molecule has 5 N–H and O–H groups in total. The number of carbonyl (C=O) groups excluding carboxylic acids is 1. The molecule has 3 aromatic rings. The normalized spacial score (nSPS) is 11.6. The number of nitrogens with one attached hydrogen (secondary N) is 3. The maximum atomic E-state index is 13.5. The number of pyridine rings is 1. The molecule has 34 heavy (non-hydrogen) atoms. The van der Waals surface area contributed by atoms with E-state index in [0.717, 1.165) is 0 Å². The molecule has 0 aliphatic heterocycles. The third-order valence-electron chi connectivity index (χ3n) is 4.43. The van der Waals surface area contributed by atoms with Gasteiger partial charge in [0, 0.05) is 23.6 Å². The number of aromatic nitrogens is 3. The third kappa shape index (κ3) is 6.54. The van der Waals surface area contributed by atoms with Crippen molar-refractivity contribution in [3.8, 4) is 0 Å². The van der Waals surface area contributed by atoms with E-state index in [1.807, 2.05) is 0 Å². The van der Waals surface area contributed by atoms with Crippen molar-refractivity contribution in [2.24, 2.45) is 5.73 Å². The number of rotatable bonds is 9. The van der Waals surface area contributed by atoms with Crippen molar-refractivity contribution in [2.75, 3.05) is 21.1 Å². The van der Waals surface area contributed by atoms with E-state index in [-0.39, 0.29) is 35.2 Å². The number of anilines is 4. The number of benzene rings is 1. The number of carbonyl (C=O) groups is 1. The predicted octanol–water partition coefficient (Wildman–Crippen LogP) is 3.11. The first-order valence-electron chi connectivity index (χ1n) is 9.77. The molecule has 3 rings (SSSR count). The summed E-state index contributed by atoms with van der Waals surface area (Å²) < 4.78 is 66.2. The second kappa shape index (κ2) is 9.91. The zero-order valence-corrected chi connectivity index (χ0v) is 18.5. The summed E-state index contributed by atoms with van der Waals surface area (Å²) >= 11 is 0. The Morgan fingerprint density at radius 3 is 2.41 bits per heavy atom. The number of hydrogen-bond donors (Lipinski definition) is 4. The Kier molecular flexibility index (Phi) is 7.20. The monoisotopic (exact) mass is 495 g/mol. The lowest BCUT2D eigenvalue weighted by Crippen LogP contribution is -2.16. The van der Waals surface area contributed by atoms with E-state index in [1.54, 1.807) is 0 Å². The molecule has 14 heteroatoms. The Hall–Kier alpha value is -3.94. The number of sulfonamides is 1. The van der Waals surface area contributed by atoms with Gasteiger partial charge in [-0.1, -0.05) is 0 Å². The van der Waals surface area contributed by atoms with Crippen molar-refractivity contribution in [1.82, 2.24) is 15.0 Å². The van der Waals surface area contributed by atoms with Crippen molar-refractivity contribution in [3.63, 3.8) is 0 Å². The van der Waals surface area contributed by atoms with Crippen molar-refractivity contribution in [1.29, 1.82) is 0 Å². The standard InChI is InChI=1S/C20H20F3N7O3S/c1-2-34(32,33)30-14-7-8-25-15(9-14)10-26-18-16(20(21,22)23)11-27-19(29-18)28-13-5-3-12(4-6-13)17(24)31/h3-9,11H,2,10H2,1H3,(H2,24,31)(H,25,30)(H2,26,27,28,29). The Labute approximate surface area is 192 Å². The van der Waals surface area contributed by atoms with E-state index in [1.165, 1.54) is 49.5 Å². The molecule has 0 atom stereocenters. The summed E-state index contributed by atoms with van der Waals surface area (Å²) in [5.74, 6) is -1.39. The molecule has 0 saturated carbocycles. The molecule has 0 radical (unpaired) electrons. The molecule has 0 bridgehead atoms. The first kappa shape index (κ1) is 24.7. The minimum atomic E-state index is -4.73. The molecule has 0 spiro atoms. The minimum Gasteiger partial charge on any atom is -0.366 e. The molecule has 10 nitrogen and oxygen atoms in total. The molecule has 2 heterocycles. The Morgan fingerprint density at radius 2 is 1.79 bits per heavy atom. The highest BCUT2D eigenvalue weighted by atomic mass is 32.2. The van der Waals surface area contributed by atoms with Crippen molar-refractivity contribution in [3.05, 3.63) is 65.6 Å². The first-order chi connectivity index (χ1) is 16.0. The van der Waals surface area contributed by atoms with Gasteiger partial charge in [0.2, 0.25) is 21.9 Å². The molecular weight excluding hydrogens is 475 g/mol. The van der Waals surface area contributed by atoms with Gasteiger partial charge in [0.15, 0.2) is 0 Å². The lowest BCUT2D eigenvalue weighted by Gasteiger charge is -2.15. The Morgan fingerprint density at radius 1 is 1.09 bits per heavy atom. The SMILES string of the molecule is CCS(=O)(=O)Nc1ccnc(CNc2nc(Nc3ccc(C(N)=O)cc3)ncc2C(F)(F)F)c1. The van der Waals surface area contributed by atoms with Crippen LogP contribution in [0.4, 0.5) is 36.3 Å². The van der Waals surface area contributed by atoms with Crippen LogP contribution in [0.5, 0.6) is 0 Å². The maximum absolute atomic E-state index is 13.5. The van der Waals surface area contributed by atoms with Crippen LogP contribution in [-0.4, -0.2) is 35.0 Å². The highest BCUT2D eigenvalue weighted by molar-refractivity contribution is 7.92. The van der Waals surface area contributed by atoms with Crippen LogP contribution in [0, 0.1) is 0 Å². The van der Waals surface area contributed by atoms with E-state index in [0.29, 0.717) is 11.9 Å². The van der Waals surface area contributed by atoms with E-state index in [2.05, 4.69) is 30.3 Å². The topological polar surface area (TPSA) is 152 Å². The molecular formula is C20H20F3N7O3S. The number of primary amides is 1. The second-order valence-corrected chi connectivity index (χ2v) is 8.93. The molecule has 0 aliphatic rings. The van der Waals surface area contributed by atoms with Gasteiger partial charge in [0.05, 0.1) is 23.7 Å². The summed E-state index contributed by atoms with van der Waals surface area (Å²) in [7, 11) is -3.53. The third-order valence-corrected chi connectivity index (χ3v) is 5.73. The summed E-state index contributed by atoms with van der Waals surface area (Å²) in [6.07, 6.45) is -2.76. The summed E-state index contributed by atoms with van der Waals surface area (Å²) in [5.41, 5.74) is 5.28. The lowest BCUT2D eigenvalue weighted by atomic mass is 10.2. The van der Waals surface area contributed by atoms with Crippen LogP contribution in [0.15, 0.2) is 48.8 Å². The van der Waals surface area contributed by atoms with Crippen LogP contribution >= 0.6 is 0 Å². The number of hydrogen-bond acceptors (Lipinski definition) is 8. The molecule has 180 valence electrons. The van der Waals surface area contributed by atoms with Gasteiger partial charge in [-0.05, 0) is 43.3 Å². The molecule has 0 fully saturated rings. The fourth-order valence-electron chi connectivity index (χ4n) is 2.70. The Bertz CT molecular complexity index is 1280. The first-order valence-corrected chi connectivity index (χ1v) is 11.4. The van der Waals surface area contributed by atoms with Crippen LogP contribution in [0.1, 0.15) is 28.5 Å². The zero-order valence-electron chi connectivity index (χ0n) is 17.7. The number of halogens is 3. The van der Waals surface area contributed by atoms with Gasteiger partial charge in [-0.25, -0.2) is 13.4 Å². The molecule has 0 unspecified atom stereocenters. The van der Waals surface area contributed by atoms with Crippen LogP contribution in [-0.2, 0) is 22.7 Å². The quantitative estimate of drug-likeness (QED) is 0.353. The number of nitrogens with zero attached hydrogens (tertiary/aromatic N) is 3. The predicted molar refractivity (Wildman–Crippen MR) is 120 cm³/mol. The summed E-state index contributed by atoms with van der Waals surface area (Å²) in [6.45, 7) is 1.30. The van der Waals surface area contributed by atoms with Crippen LogP contribution < -0.4 is 21.1 Å².